The minimum absolute atomic E-state index is 0.330. The molecule has 1 N–H and O–H groups in total. The highest BCUT2D eigenvalue weighted by molar-refractivity contribution is 7.19. The molecule has 7 heteroatoms. The number of methoxy groups -OCH3 is 2. The largest absolute Gasteiger partial charge is 0.497 e. The van der Waals surface area contributed by atoms with Gasteiger partial charge in [-0.1, -0.05) is 27.2 Å². The SMILES string of the molecule is CCC(C)(C)[C@H]1CCc2sc3ncnc(N/N=C\c4cc(OC)ccc4OC)c3c2C1. The molecule has 0 amide bonds. The zero-order valence-electron chi connectivity index (χ0n) is 18.9. The first-order valence-corrected chi connectivity index (χ1v) is 11.5. The Morgan fingerprint density at radius 3 is 2.84 bits per heavy atom. The summed E-state index contributed by atoms with van der Waals surface area (Å²) in [6, 6.07) is 5.63. The summed E-state index contributed by atoms with van der Waals surface area (Å²) >= 11 is 1.80. The second-order valence-electron chi connectivity index (χ2n) is 8.67. The van der Waals surface area contributed by atoms with Crippen LogP contribution < -0.4 is 14.9 Å². The first-order valence-electron chi connectivity index (χ1n) is 10.7. The van der Waals surface area contributed by atoms with Crippen LogP contribution in [0, 0.1) is 11.3 Å². The van der Waals surface area contributed by atoms with Gasteiger partial charge in [-0.3, -0.25) is 5.43 Å². The summed E-state index contributed by atoms with van der Waals surface area (Å²) in [5.74, 6) is 2.91. The maximum Gasteiger partial charge on any atom is 0.158 e. The van der Waals surface area contributed by atoms with Crippen molar-refractivity contribution in [3.8, 4) is 11.5 Å². The van der Waals surface area contributed by atoms with Gasteiger partial charge < -0.3 is 9.47 Å². The predicted molar refractivity (Wildman–Crippen MR) is 128 cm³/mol. The van der Waals surface area contributed by atoms with Gasteiger partial charge >= 0.3 is 0 Å². The molecule has 3 aromatic rings. The van der Waals surface area contributed by atoms with E-state index in [1.165, 1.54) is 23.3 Å². The van der Waals surface area contributed by atoms with Gasteiger partial charge in [-0.15, -0.1) is 11.3 Å². The van der Waals surface area contributed by atoms with Crippen LogP contribution in [0.4, 0.5) is 5.82 Å². The third kappa shape index (κ3) is 4.24. The Hall–Kier alpha value is -2.67. The maximum absolute atomic E-state index is 5.44. The molecule has 31 heavy (non-hydrogen) atoms. The number of hydrogen-bond donors (Lipinski definition) is 1. The first-order chi connectivity index (χ1) is 15.0. The van der Waals surface area contributed by atoms with Crippen molar-refractivity contribution in [3.63, 3.8) is 0 Å². The molecule has 6 nitrogen and oxygen atoms in total. The molecule has 0 aliphatic heterocycles. The quantitative estimate of drug-likeness (QED) is 0.379. The van der Waals surface area contributed by atoms with Crippen molar-refractivity contribution in [1.29, 1.82) is 0 Å². The van der Waals surface area contributed by atoms with Gasteiger partial charge in [0.25, 0.3) is 0 Å². The lowest BCUT2D eigenvalue weighted by atomic mass is 9.69. The minimum Gasteiger partial charge on any atom is -0.497 e. The number of rotatable bonds is 7. The van der Waals surface area contributed by atoms with Crippen molar-refractivity contribution >= 4 is 33.6 Å². The molecule has 0 radical (unpaired) electrons. The van der Waals surface area contributed by atoms with Crippen LogP contribution in [0.2, 0.25) is 0 Å². The smallest absolute Gasteiger partial charge is 0.158 e. The lowest BCUT2D eigenvalue weighted by Crippen LogP contribution is -2.28. The summed E-state index contributed by atoms with van der Waals surface area (Å²) in [6.45, 7) is 7.07. The number of anilines is 1. The van der Waals surface area contributed by atoms with E-state index in [1.807, 2.05) is 18.2 Å². The van der Waals surface area contributed by atoms with Gasteiger partial charge in [0.2, 0.25) is 0 Å². The summed E-state index contributed by atoms with van der Waals surface area (Å²) in [6.07, 6.45) is 7.96. The van der Waals surface area contributed by atoms with Crippen LogP contribution in [0.25, 0.3) is 10.2 Å². The molecule has 1 aliphatic carbocycles. The average molecular weight is 439 g/mol. The lowest BCUT2D eigenvalue weighted by Gasteiger charge is -2.36. The van der Waals surface area contributed by atoms with Crippen molar-refractivity contribution in [2.45, 2.75) is 46.5 Å². The highest BCUT2D eigenvalue weighted by Crippen LogP contribution is 2.45. The van der Waals surface area contributed by atoms with Crippen molar-refractivity contribution in [1.82, 2.24) is 9.97 Å². The minimum atomic E-state index is 0.330. The predicted octanol–water partition coefficient (Wildman–Crippen LogP) is 5.70. The number of nitrogens with zero attached hydrogens (tertiary/aromatic N) is 3. The van der Waals surface area contributed by atoms with Gasteiger partial charge in [-0.25, -0.2) is 9.97 Å². The number of hydrazone groups is 1. The Morgan fingerprint density at radius 2 is 2.10 bits per heavy atom. The third-order valence-electron chi connectivity index (χ3n) is 6.67. The van der Waals surface area contributed by atoms with Gasteiger partial charge in [0.15, 0.2) is 5.82 Å². The molecule has 164 valence electrons. The number of benzene rings is 1. The van der Waals surface area contributed by atoms with Crippen LogP contribution in [0.15, 0.2) is 29.6 Å². The topological polar surface area (TPSA) is 68.6 Å². The highest BCUT2D eigenvalue weighted by atomic mass is 32.1. The summed E-state index contributed by atoms with van der Waals surface area (Å²) < 4.78 is 10.8. The number of hydrogen-bond acceptors (Lipinski definition) is 7. The van der Waals surface area contributed by atoms with E-state index in [0.29, 0.717) is 11.3 Å². The molecule has 4 rings (SSSR count). The number of aryl methyl sites for hydroxylation is 1. The Bertz CT molecular complexity index is 1110. The number of nitrogens with one attached hydrogen (secondary N) is 1. The van der Waals surface area contributed by atoms with E-state index < -0.39 is 0 Å². The molecule has 2 heterocycles. The van der Waals surface area contributed by atoms with Gasteiger partial charge in [-0.05, 0) is 54.4 Å². The van der Waals surface area contributed by atoms with E-state index in [4.69, 9.17) is 9.47 Å². The molecular formula is C24H30N4O2S. The van der Waals surface area contributed by atoms with E-state index >= 15 is 0 Å². The Morgan fingerprint density at radius 1 is 1.26 bits per heavy atom. The number of aromatic nitrogens is 2. The zero-order valence-corrected chi connectivity index (χ0v) is 19.7. The van der Waals surface area contributed by atoms with E-state index in [-0.39, 0.29) is 0 Å². The van der Waals surface area contributed by atoms with E-state index in [0.717, 1.165) is 45.9 Å². The molecule has 0 fully saturated rings. The maximum atomic E-state index is 5.44. The summed E-state index contributed by atoms with van der Waals surface area (Å²) in [5, 5.41) is 5.58. The molecule has 0 saturated carbocycles. The summed E-state index contributed by atoms with van der Waals surface area (Å²) in [7, 11) is 3.29. The molecule has 1 aromatic carbocycles. The van der Waals surface area contributed by atoms with Crippen molar-refractivity contribution in [2.24, 2.45) is 16.4 Å². The Balaban J connectivity index is 1.64. The van der Waals surface area contributed by atoms with Crippen molar-refractivity contribution in [3.05, 3.63) is 40.5 Å². The first kappa shape index (κ1) is 21.6. The molecule has 0 unspecified atom stereocenters. The second-order valence-corrected chi connectivity index (χ2v) is 9.75. The third-order valence-corrected chi connectivity index (χ3v) is 7.87. The standard InChI is InChI=1S/C24H30N4O2S/c1-6-24(2,3)16-7-10-20-18(12-16)21-22(25-14-26-23(21)31-20)28-27-13-15-11-17(29-4)8-9-19(15)30-5/h8-9,11,13-14,16H,6-7,10,12H2,1-5H3,(H,25,26,28)/b27-13-/t16-/m0/s1. The fourth-order valence-electron chi connectivity index (χ4n) is 4.25. The fourth-order valence-corrected chi connectivity index (χ4v) is 5.44. The van der Waals surface area contributed by atoms with Crippen LogP contribution in [0.1, 0.15) is 49.6 Å². The normalized spacial score (nSPS) is 16.5. The zero-order chi connectivity index (χ0) is 22.0. The molecule has 1 atom stereocenters. The molecule has 2 aromatic heterocycles. The monoisotopic (exact) mass is 438 g/mol. The van der Waals surface area contributed by atoms with Gasteiger partial charge in [0, 0.05) is 10.4 Å². The van der Waals surface area contributed by atoms with Crippen LogP contribution >= 0.6 is 11.3 Å². The molecular weight excluding hydrogens is 408 g/mol. The summed E-state index contributed by atoms with van der Waals surface area (Å²) in [4.78, 5) is 11.5. The number of fused-ring (bicyclic) bond motifs is 3. The molecule has 1 aliphatic rings. The van der Waals surface area contributed by atoms with E-state index in [1.54, 1.807) is 38.1 Å². The van der Waals surface area contributed by atoms with Gasteiger partial charge in [0.05, 0.1) is 25.8 Å². The van der Waals surface area contributed by atoms with E-state index in [9.17, 15) is 0 Å². The molecule has 0 bridgehead atoms. The fraction of sp³-hybridized carbons (Fsp3) is 0.458. The van der Waals surface area contributed by atoms with Crippen LogP contribution in [0.5, 0.6) is 11.5 Å². The summed E-state index contributed by atoms with van der Waals surface area (Å²) in [5.41, 5.74) is 5.72. The van der Waals surface area contributed by atoms with Crippen LogP contribution in [-0.2, 0) is 12.8 Å². The number of ether oxygens (including phenoxy) is 2. The lowest BCUT2D eigenvalue weighted by molar-refractivity contribution is 0.184. The highest BCUT2D eigenvalue weighted by Gasteiger charge is 2.33. The average Bonchev–Trinajstić information content (AvgIpc) is 3.17. The number of thiophene rings is 1. The van der Waals surface area contributed by atoms with Crippen molar-refractivity contribution < 1.29 is 9.47 Å². The van der Waals surface area contributed by atoms with Crippen LogP contribution in [0.3, 0.4) is 0 Å². The Kier molecular flexibility index (Phi) is 6.14. The van der Waals surface area contributed by atoms with Gasteiger partial charge in [0.1, 0.15) is 22.7 Å². The van der Waals surface area contributed by atoms with Gasteiger partial charge in [-0.2, -0.15) is 5.10 Å². The second kappa shape index (κ2) is 8.83. The van der Waals surface area contributed by atoms with E-state index in [2.05, 4.69) is 41.3 Å². The Labute approximate surface area is 187 Å². The van der Waals surface area contributed by atoms with Crippen molar-refractivity contribution in [2.75, 3.05) is 19.6 Å². The van der Waals surface area contributed by atoms with Crippen LogP contribution in [-0.4, -0.2) is 30.4 Å². The molecule has 0 saturated heterocycles. The molecule has 0 spiro atoms.